The molecule has 0 atom stereocenters. The molecular formula is C29H24N4O2. The number of aromatic nitrogens is 4. The summed E-state index contributed by atoms with van der Waals surface area (Å²) >= 11 is 0. The molecule has 5 rings (SSSR count). The second kappa shape index (κ2) is 9.65. The van der Waals surface area contributed by atoms with Gasteiger partial charge in [-0.2, -0.15) is 10.2 Å². The van der Waals surface area contributed by atoms with Crippen molar-refractivity contribution in [3.8, 4) is 11.4 Å². The summed E-state index contributed by atoms with van der Waals surface area (Å²) in [4.78, 5) is 12.1. The highest BCUT2D eigenvalue weighted by Crippen LogP contribution is 2.39. The number of benzene rings is 3. The van der Waals surface area contributed by atoms with Gasteiger partial charge >= 0.3 is 5.97 Å². The fourth-order valence-electron chi connectivity index (χ4n) is 4.26. The minimum absolute atomic E-state index is 0.485. The van der Waals surface area contributed by atoms with Crippen LogP contribution in [-0.4, -0.2) is 25.9 Å². The summed E-state index contributed by atoms with van der Waals surface area (Å²) in [6.07, 6.45) is 7.43. The molecule has 0 saturated heterocycles. The minimum Gasteiger partial charge on any atom is -0.423 e. The first kappa shape index (κ1) is 22.1. The van der Waals surface area contributed by atoms with Crippen molar-refractivity contribution in [3.05, 3.63) is 121 Å². The van der Waals surface area contributed by atoms with Gasteiger partial charge in [-0.25, -0.2) is 9.48 Å². The number of carbonyl (C=O) groups is 1. The van der Waals surface area contributed by atoms with E-state index in [4.69, 9.17) is 4.74 Å². The lowest BCUT2D eigenvalue weighted by Gasteiger charge is -2.19. The SMILES string of the molecule is C=CC(=O)Oc1ccccc1/C(=C(\CC)c1ccc(-n2cccn2)cc1)c1ccc2[nH]ncc2c1. The summed E-state index contributed by atoms with van der Waals surface area (Å²) in [5.74, 6) is -0.0116. The molecule has 6 heteroatoms. The normalized spacial score (nSPS) is 11.8. The first-order valence-electron chi connectivity index (χ1n) is 11.4. The number of esters is 1. The number of H-pyrrole nitrogens is 1. The van der Waals surface area contributed by atoms with Gasteiger partial charge in [0.25, 0.3) is 0 Å². The predicted molar refractivity (Wildman–Crippen MR) is 138 cm³/mol. The summed E-state index contributed by atoms with van der Waals surface area (Å²) < 4.78 is 7.48. The number of carbonyl (C=O) groups excluding carboxylic acids is 1. The zero-order valence-corrected chi connectivity index (χ0v) is 19.3. The van der Waals surface area contributed by atoms with Crippen molar-refractivity contribution >= 4 is 28.0 Å². The standard InChI is InChI=1S/C29H24N4O2/c1-3-24(20-10-13-23(14-11-20)33-17-7-16-31-33)29(21-12-15-26-22(18-21)19-30-32-26)25-8-5-6-9-27(25)35-28(34)4-2/h4-19H,2-3H2,1H3,(H,30,32)/b29-24+. The van der Waals surface area contributed by atoms with Gasteiger partial charge in [0.15, 0.2) is 0 Å². The minimum atomic E-state index is -0.497. The van der Waals surface area contributed by atoms with Crippen molar-refractivity contribution < 1.29 is 9.53 Å². The smallest absolute Gasteiger partial charge is 0.335 e. The molecule has 0 aliphatic heterocycles. The third-order valence-electron chi connectivity index (χ3n) is 5.90. The maximum atomic E-state index is 12.1. The molecule has 6 nitrogen and oxygen atoms in total. The van der Waals surface area contributed by atoms with Crippen LogP contribution in [0.5, 0.6) is 5.75 Å². The number of aromatic amines is 1. The van der Waals surface area contributed by atoms with Crippen LogP contribution in [0.1, 0.15) is 30.0 Å². The van der Waals surface area contributed by atoms with Crippen LogP contribution >= 0.6 is 0 Å². The second-order valence-corrected chi connectivity index (χ2v) is 8.00. The second-order valence-electron chi connectivity index (χ2n) is 8.00. The number of nitrogens with one attached hydrogen (secondary N) is 1. The summed E-state index contributed by atoms with van der Waals surface area (Å²) in [5.41, 5.74) is 6.98. The molecule has 0 spiro atoms. The molecule has 0 aliphatic carbocycles. The molecular weight excluding hydrogens is 436 g/mol. The van der Waals surface area contributed by atoms with Crippen LogP contribution < -0.4 is 4.74 Å². The Morgan fingerprint density at radius 2 is 1.86 bits per heavy atom. The Labute approximate surface area is 203 Å². The predicted octanol–water partition coefficient (Wildman–Crippen LogP) is 6.21. The van der Waals surface area contributed by atoms with E-state index in [2.05, 4.69) is 65.2 Å². The Morgan fingerprint density at radius 3 is 2.60 bits per heavy atom. The molecule has 0 radical (unpaired) electrons. The molecule has 2 heterocycles. The number of nitrogens with zero attached hydrogens (tertiary/aromatic N) is 3. The molecule has 0 aliphatic rings. The van der Waals surface area contributed by atoms with Gasteiger partial charge in [-0.1, -0.05) is 49.9 Å². The zero-order valence-electron chi connectivity index (χ0n) is 19.3. The van der Waals surface area contributed by atoms with Gasteiger partial charge in [-0.15, -0.1) is 0 Å². The van der Waals surface area contributed by atoms with Crippen molar-refractivity contribution in [2.75, 3.05) is 0 Å². The molecule has 0 saturated carbocycles. The van der Waals surface area contributed by atoms with Gasteiger partial charge in [0.05, 0.1) is 17.4 Å². The number of rotatable bonds is 7. The third-order valence-corrected chi connectivity index (χ3v) is 5.90. The number of allylic oxidation sites excluding steroid dienone is 1. The van der Waals surface area contributed by atoms with E-state index in [0.717, 1.165) is 50.8 Å². The largest absolute Gasteiger partial charge is 0.423 e. The summed E-state index contributed by atoms with van der Waals surface area (Å²) in [6, 6.07) is 24.0. The van der Waals surface area contributed by atoms with Crippen LogP contribution in [-0.2, 0) is 4.79 Å². The monoisotopic (exact) mass is 460 g/mol. The molecule has 0 bridgehead atoms. The van der Waals surface area contributed by atoms with Gasteiger partial charge in [-0.05, 0) is 65.1 Å². The fourth-order valence-corrected chi connectivity index (χ4v) is 4.26. The Hall–Kier alpha value is -4.71. The molecule has 1 N–H and O–H groups in total. The zero-order chi connectivity index (χ0) is 24.2. The molecule has 0 amide bonds. The van der Waals surface area contributed by atoms with E-state index in [0.29, 0.717) is 5.75 Å². The van der Waals surface area contributed by atoms with Gasteiger partial charge in [0, 0.05) is 29.4 Å². The Morgan fingerprint density at radius 1 is 1.06 bits per heavy atom. The van der Waals surface area contributed by atoms with Crippen molar-refractivity contribution in [1.29, 1.82) is 0 Å². The van der Waals surface area contributed by atoms with Crippen LogP contribution in [0.3, 0.4) is 0 Å². The number of hydrogen-bond donors (Lipinski definition) is 1. The summed E-state index contributed by atoms with van der Waals surface area (Å²) in [5, 5.41) is 12.5. The summed E-state index contributed by atoms with van der Waals surface area (Å²) in [7, 11) is 0. The molecule has 2 aromatic heterocycles. The molecule has 0 unspecified atom stereocenters. The van der Waals surface area contributed by atoms with Gasteiger partial charge < -0.3 is 4.74 Å². The fraction of sp³-hybridized carbons (Fsp3) is 0.0690. The lowest BCUT2D eigenvalue weighted by Crippen LogP contribution is -2.06. The first-order valence-corrected chi connectivity index (χ1v) is 11.4. The third kappa shape index (κ3) is 4.42. The van der Waals surface area contributed by atoms with Gasteiger partial charge in [0.1, 0.15) is 5.75 Å². The highest BCUT2D eigenvalue weighted by Gasteiger charge is 2.18. The van der Waals surface area contributed by atoms with Crippen molar-refractivity contribution in [3.63, 3.8) is 0 Å². The Balaban J connectivity index is 1.72. The van der Waals surface area contributed by atoms with E-state index >= 15 is 0 Å². The van der Waals surface area contributed by atoms with E-state index < -0.39 is 5.97 Å². The highest BCUT2D eigenvalue weighted by molar-refractivity contribution is 6.02. The Bertz CT molecular complexity index is 1530. The molecule has 5 aromatic rings. The molecule has 3 aromatic carbocycles. The number of ether oxygens (including phenoxy) is 1. The maximum Gasteiger partial charge on any atom is 0.335 e. The van der Waals surface area contributed by atoms with E-state index in [1.54, 1.807) is 12.3 Å². The number of fused-ring (bicyclic) bond motifs is 1. The molecule has 0 fully saturated rings. The maximum absolute atomic E-state index is 12.1. The number of para-hydroxylation sites is 1. The quantitative estimate of drug-likeness (QED) is 0.136. The average molecular weight is 461 g/mol. The van der Waals surface area contributed by atoms with Crippen molar-refractivity contribution in [2.45, 2.75) is 13.3 Å². The van der Waals surface area contributed by atoms with E-state index in [9.17, 15) is 4.79 Å². The van der Waals surface area contributed by atoms with Crippen molar-refractivity contribution in [2.24, 2.45) is 0 Å². The van der Waals surface area contributed by atoms with Crippen LogP contribution in [0, 0.1) is 0 Å². The van der Waals surface area contributed by atoms with Crippen LogP contribution in [0.2, 0.25) is 0 Å². The Kier molecular flexibility index (Phi) is 6.09. The summed E-state index contributed by atoms with van der Waals surface area (Å²) in [6.45, 7) is 5.67. The van der Waals surface area contributed by atoms with E-state index in [-0.39, 0.29) is 0 Å². The van der Waals surface area contributed by atoms with Gasteiger partial charge in [0.2, 0.25) is 0 Å². The van der Waals surface area contributed by atoms with Crippen LogP contribution in [0.15, 0.2) is 104 Å². The van der Waals surface area contributed by atoms with Crippen molar-refractivity contribution in [1.82, 2.24) is 20.0 Å². The number of hydrogen-bond acceptors (Lipinski definition) is 4. The lowest BCUT2D eigenvalue weighted by atomic mass is 9.87. The lowest BCUT2D eigenvalue weighted by molar-refractivity contribution is -0.128. The van der Waals surface area contributed by atoms with Crippen LogP contribution in [0.25, 0.3) is 27.7 Å². The molecule has 172 valence electrons. The van der Waals surface area contributed by atoms with E-state index in [1.807, 2.05) is 47.4 Å². The van der Waals surface area contributed by atoms with Gasteiger partial charge in [-0.3, -0.25) is 5.10 Å². The molecule has 35 heavy (non-hydrogen) atoms. The topological polar surface area (TPSA) is 72.8 Å². The first-order chi connectivity index (χ1) is 17.2. The highest BCUT2D eigenvalue weighted by atomic mass is 16.5. The van der Waals surface area contributed by atoms with Crippen LogP contribution in [0.4, 0.5) is 0 Å². The average Bonchev–Trinajstić information content (AvgIpc) is 3.60. The van der Waals surface area contributed by atoms with E-state index in [1.165, 1.54) is 6.08 Å².